The fraction of sp³-hybridized carbons (Fsp3) is 0.531. The summed E-state index contributed by atoms with van der Waals surface area (Å²) >= 11 is 0. The molecule has 9 nitrogen and oxygen atoms in total. The van der Waals surface area contributed by atoms with Gasteiger partial charge < -0.3 is 28.1 Å². The lowest BCUT2D eigenvalue weighted by atomic mass is 9.99. The molecule has 2 aromatic heterocycles. The van der Waals surface area contributed by atoms with E-state index in [1.54, 1.807) is 12.1 Å². The average Bonchev–Trinajstić information content (AvgIpc) is 2.94. The van der Waals surface area contributed by atoms with E-state index in [0.29, 0.717) is 63.6 Å². The first kappa shape index (κ1) is 32.2. The predicted molar refractivity (Wildman–Crippen MR) is 157 cm³/mol. The molecule has 41 heavy (non-hydrogen) atoms. The predicted octanol–water partition coefficient (Wildman–Crippen LogP) is 5.52. The quantitative estimate of drug-likeness (QED) is 0.145. The lowest BCUT2D eigenvalue weighted by Crippen LogP contribution is -2.19. The minimum Gasteiger partial charge on any atom is -0.475 e. The summed E-state index contributed by atoms with van der Waals surface area (Å²) in [6.07, 6.45) is 1.86. The smallest absolute Gasteiger partial charge is 0.345 e. The van der Waals surface area contributed by atoms with Crippen LogP contribution in [0.3, 0.4) is 0 Å². The van der Waals surface area contributed by atoms with Crippen molar-refractivity contribution in [2.24, 2.45) is 11.8 Å². The number of ether oxygens (including phenoxy) is 5. The Balaban J connectivity index is 1.25. The molecule has 3 rings (SSSR count). The number of hydrogen-bond donors (Lipinski definition) is 0. The zero-order valence-corrected chi connectivity index (χ0v) is 24.9. The van der Waals surface area contributed by atoms with Crippen LogP contribution in [-0.2, 0) is 23.7 Å². The van der Waals surface area contributed by atoms with E-state index in [-0.39, 0.29) is 24.2 Å². The molecule has 0 aliphatic rings. The number of carbonyl (C=O) groups is 1. The molecule has 0 aliphatic heterocycles. The number of esters is 1. The van der Waals surface area contributed by atoms with Crippen molar-refractivity contribution in [3.05, 3.63) is 57.9 Å². The monoisotopic (exact) mass is 569 g/mol. The van der Waals surface area contributed by atoms with Gasteiger partial charge in [-0.05, 0) is 49.4 Å². The molecular weight excluding hydrogens is 526 g/mol. The number of nitrogens with zero attached hydrogens (tertiary/aromatic N) is 1. The summed E-state index contributed by atoms with van der Waals surface area (Å²) in [5.41, 5.74) is 3.24. The maximum absolute atomic E-state index is 12.7. The van der Waals surface area contributed by atoms with Gasteiger partial charge in [-0.25, -0.2) is 4.79 Å². The highest BCUT2D eigenvalue weighted by atomic mass is 16.6. The van der Waals surface area contributed by atoms with E-state index in [9.17, 15) is 9.59 Å². The first-order valence-corrected chi connectivity index (χ1v) is 14.3. The molecule has 9 heteroatoms. The fourth-order valence-electron chi connectivity index (χ4n) is 4.07. The Morgan fingerprint density at radius 3 is 2.15 bits per heavy atom. The molecule has 0 radical (unpaired) electrons. The molecule has 0 N–H and O–H groups in total. The number of aryl methyl sites for hydroxylation is 2. The van der Waals surface area contributed by atoms with Gasteiger partial charge in [-0.1, -0.05) is 51.0 Å². The van der Waals surface area contributed by atoms with Gasteiger partial charge in [-0.2, -0.15) is 4.98 Å². The second kappa shape index (κ2) is 16.9. The largest absolute Gasteiger partial charge is 0.475 e. The van der Waals surface area contributed by atoms with Gasteiger partial charge in [-0.15, -0.1) is 0 Å². The van der Waals surface area contributed by atoms with Crippen LogP contribution >= 0.6 is 0 Å². The number of rotatable bonds is 18. The molecule has 0 saturated carbocycles. The van der Waals surface area contributed by atoms with Gasteiger partial charge in [0.25, 0.3) is 0 Å². The van der Waals surface area contributed by atoms with E-state index in [4.69, 9.17) is 28.1 Å². The molecule has 3 aromatic rings. The van der Waals surface area contributed by atoms with Crippen molar-refractivity contribution < 1.29 is 32.9 Å². The third kappa shape index (κ3) is 10.9. The number of pyridine rings is 1. The van der Waals surface area contributed by atoms with Gasteiger partial charge in [0.15, 0.2) is 0 Å². The normalized spacial score (nSPS) is 12.1. The van der Waals surface area contributed by atoms with Crippen LogP contribution in [0.4, 0.5) is 0 Å². The highest BCUT2D eigenvalue weighted by Gasteiger charge is 2.15. The zero-order valence-electron chi connectivity index (χ0n) is 24.9. The van der Waals surface area contributed by atoms with Gasteiger partial charge in [0, 0.05) is 11.5 Å². The number of hydrogen-bond acceptors (Lipinski definition) is 9. The Hall–Kier alpha value is -3.27. The van der Waals surface area contributed by atoms with Crippen LogP contribution < -0.4 is 10.4 Å². The first-order chi connectivity index (χ1) is 19.7. The minimum atomic E-state index is -0.435. The molecule has 0 amide bonds. The lowest BCUT2D eigenvalue weighted by Gasteiger charge is -2.12. The molecule has 2 heterocycles. The Labute approximate surface area is 242 Å². The highest BCUT2D eigenvalue weighted by Crippen LogP contribution is 2.25. The minimum absolute atomic E-state index is 0.0832. The zero-order chi connectivity index (χ0) is 29.6. The summed E-state index contributed by atoms with van der Waals surface area (Å²) in [6, 6.07) is 11.4. The van der Waals surface area contributed by atoms with Crippen molar-refractivity contribution in [1.29, 1.82) is 0 Å². The van der Waals surface area contributed by atoms with E-state index < -0.39 is 5.63 Å². The summed E-state index contributed by atoms with van der Waals surface area (Å²) in [5.74, 6) is 0.681. The molecule has 0 spiro atoms. The second-order valence-corrected chi connectivity index (χ2v) is 10.5. The fourth-order valence-corrected chi connectivity index (χ4v) is 4.07. The summed E-state index contributed by atoms with van der Waals surface area (Å²) in [6.45, 7) is 13.1. The van der Waals surface area contributed by atoms with E-state index in [1.165, 1.54) is 0 Å². The standard InChI is InChI=1S/C32H43NO8/c1-22(2)6-8-25(5)31(34)40-19-17-38-15-13-36-12-14-37-16-18-39-29-11-10-26-21-28(32(35)41-30(26)33-29)27-20-23(3)7-9-24(27)4/h7,9-11,20-22,25H,6,8,12-19H2,1-5H3. The molecule has 1 aromatic carbocycles. The molecular formula is C32H43NO8. The topological polar surface area (TPSA) is 106 Å². The van der Waals surface area contributed by atoms with Gasteiger partial charge in [-0.3, -0.25) is 4.79 Å². The number of aromatic nitrogens is 1. The molecule has 1 unspecified atom stereocenters. The molecule has 0 aliphatic carbocycles. The Kier molecular flexibility index (Phi) is 13.3. The Morgan fingerprint density at radius 1 is 0.805 bits per heavy atom. The Morgan fingerprint density at radius 2 is 1.46 bits per heavy atom. The maximum Gasteiger partial charge on any atom is 0.345 e. The van der Waals surface area contributed by atoms with Crippen LogP contribution in [0.1, 0.15) is 44.7 Å². The summed E-state index contributed by atoms with van der Waals surface area (Å²) in [7, 11) is 0. The van der Waals surface area contributed by atoms with Gasteiger partial charge in [0.2, 0.25) is 11.6 Å². The number of benzene rings is 1. The van der Waals surface area contributed by atoms with Crippen LogP contribution in [-0.4, -0.2) is 63.8 Å². The third-order valence-corrected chi connectivity index (χ3v) is 6.53. The molecule has 1 atom stereocenters. The molecule has 224 valence electrons. The molecule has 0 saturated heterocycles. The van der Waals surface area contributed by atoms with E-state index in [0.717, 1.165) is 34.9 Å². The van der Waals surface area contributed by atoms with Crippen molar-refractivity contribution in [2.45, 2.75) is 47.5 Å². The second-order valence-electron chi connectivity index (χ2n) is 10.5. The SMILES string of the molecule is Cc1ccc(C)c(-c2cc3ccc(OCCOCCOCCOCCOC(=O)C(C)CCC(C)C)nc3oc2=O)c1. The summed E-state index contributed by atoms with van der Waals surface area (Å²) in [5, 5.41) is 0.720. The van der Waals surface area contributed by atoms with Crippen molar-refractivity contribution >= 4 is 17.1 Å². The van der Waals surface area contributed by atoms with Crippen LogP contribution in [0, 0.1) is 25.7 Å². The average molecular weight is 570 g/mol. The van der Waals surface area contributed by atoms with E-state index in [1.807, 2.05) is 45.0 Å². The van der Waals surface area contributed by atoms with Crippen molar-refractivity contribution in [3.8, 4) is 17.0 Å². The number of fused-ring (bicyclic) bond motifs is 1. The van der Waals surface area contributed by atoms with E-state index in [2.05, 4.69) is 18.8 Å². The lowest BCUT2D eigenvalue weighted by molar-refractivity contribution is -0.150. The number of carbonyl (C=O) groups excluding carboxylic acids is 1. The first-order valence-electron chi connectivity index (χ1n) is 14.3. The third-order valence-electron chi connectivity index (χ3n) is 6.53. The van der Waals surface area contributed by atoms with E-state index >= 15 is 0 Å². The van der Waals surface area contributed by atoms with Gasteiger partial charge in [0.05, 0.1) is 51.1 Å². The van der Waals surface area contributed by atoms with Crippen molar-refractivity contribution in [2.75, 3.05) is 52.9 Å². The molecule has 0 fully saturated rings. The van der Waals surface area contributed by atoms with Crippen LogP contribution in [0.15, 0.2) is 45.6 Å². The van der Waals surface area contributed by atoms with Crippen LogP contribution in [0.5, 0.6) is 5.88 Å². The van der Waals surface area contributed by atoms with Gasteiger partial charge >= 0.3 is 11.6 Å². The Bertz CT molecular complexity index is 1300. The highest BCUT2D eigenvalue weighted by molar-refractivity contribution is 5.80. The van der Waals surface area contributed by atoms with Crippen LogP contribution in [0.2, 0.25) is 0 Å². The maximum atomic E-state index is 12.7. The van der Waals surface area contributed by atoms with Crippen molar-refractivity contribution in [1.82, 2.24) is 4.98 Å². The van der Waals surface area contributed by atoms with Crippen molar-refractivity contribution in [3.63, 3.8) is 0 Å². The summed E-state index contributed by atoms with van der Waals surface area (Å²) in [4.78, 5) is 28.9. The van der Waals surface area contributed by atoms with Crippen LogP contribution in [0.25, 0.3) is 22.2 Å². The summed E-state index contributed by atoms with van der Waals surface area (Å²) < 4.78 is 32.8. The molecule has 0 bridgehead atoms. The van der Waals surface area contributed by atoms with Gasteiger partial charge in [0.1, 0.15) is 13.2 Å².